The third-order valence-corrected chi connectivity index (χ3v) is 2.90. The van der Waals surface area contributed by atoms with Gasteiger partial charge in [-0.1, -0.05) is 0 Å². The molecule has 1 fully saturated rings. The third-order valence-electron chi connectivity index (χ3n) is 2.23. The molecule has 0 aliphatic carbocycles. The molecule has 0 aromatic carbocycles. The molecule has 4 heteroatoms. The first-order chi connectivity index (χ1) is 7.20. The summed E-state index contributed by atoms with van der Waals surface area (Å²) in [5.74, 6) is -0.833. The maximum absolute atomic E-state index is 9.00. The minimum Gasteiger partial charge on any atom is -0.481 e. The maximum Gasteiger partial charge on any atom is 0.300 e. The van der Waals surface area contributed by atoms with E-state index in [4.69, 9.17) is 9.90 Å². The first-order valence-electron chi connectivity index (χ1n) is 5.17. The molecule has 1 aliphatic rings. The Kier molecular flexibility index (Phi) is 5.18. The number of hydrogen-bond donors (Lipinski definition) is 1. The van der Waals surface area contributed by atoms with E-state index in [2.05, 4.69) is 21.7 Å². The Morgan fingerprint density at radius 1 is 1.40 bits per heavy atom. The zero-order valence-corrected chi connectivity index (χ0v) is 9.80. The quantitative estimate of drug-likeness (QED) is 0.802. The summed E-state index contributed by atoms with van der Waals surface area (Å²) in [7, 11) is 0. The molecule has 0 bridgehead atoms. The van der Waals surface area contributed by atoms with Crippen molar-refractivity contribution >= 4 is 23.0 Å². The van der Waals surface area contributed by atoms with Crippen LogP contribution in [0.1, 0.15) is 26.2 Å². The summed E-state index contributed by atoms with van der Waals surface area (Å²) in [5.41, 5.74) is 1.43. The summed E-state index contributed by atoms with van der Waals surface area (Å²) in [5, 5.41) is 11.8. The van der Waals surface area contributed by atoms with Crippen molar-refractivity contribution in [2.45, 2.75) is 26.2 Å². The lowest BCUT2D eigenvalue weighted by molar-refractivity contribution is -0.134. The molecule has 0 radical (unpaired) electrons. The second-order valence-electron chi connectivity index (χ2n) is 3.55. The molecule has 84 valence electrons. The lowest BCUT2D eigenvalue weighted by Gasteiger charge is -2.27. The Hall–Kier alpha value is -1.03. The zero-order chi connectivity index (χ0) is 11.1. The molecular weight excluding hydrogens is 210 g/mol. The van der Waals surface area contributed by atoms with Crippen LogP contribution >= 0.6 is 11.3 Å². The van der Waals surface area contributed by atoms with Crippen molar-refractivity contribution in [1.29, 1.82) is 0 Å². The molecule has 1 N–H and O–H groups in total. The smallest absolute Gasteiger partial charge is 0.300 e. The van der Waals surface area contributed by atoms with Crippen molar-refractivity contribution < 1.29 is 9.90 Å². The summed E-state index contributed by atoms with van der Waals surface area (Å²) in [6.07, 6.45) is 4.16. The molecule has 1 aliphatic heterocycles. The molecule has 2 rings (SSSR count). The predicted octanol–water partition coefficient (Wildman–Crippen LogP) is 2.83. The Bertz CT molecular complexity index is 275. The second kappa shape index (κ2) is 6.45. The molecule has 1 aromatic heterocycles. The molecule has 2 heterocycles. The standard InChI is InChI=1S/C9H13NS.C2H4O2/c1-2-5-10(6-3-1)9-4-7-11-8-9;1-2(3)4/h4,7-8H,1-3,5-6H2;1H3,(H,3,4). The fourth-order valence-electron chi connectivity index (χ4n) is 1.59. The lowest BCUT2D eigenvalue weighted by Crippen LogP contribution is -2.28. The topological polar surface area (TPSA) is 40.5 Å². The molecule has 1 saturated heterocycles. The summed E-state index contributed by atoms with van der Waals surface area (Å²) >= 11 is 1.79. The Balaban J connectivity index is 0.000000245. The Morgan fingerprint density at radius 2 is 2.00 bits per heavy atom. The number of aliphatic carboxylic acids is 1. The first kappa shape index (κ1) is 12.0. The number of piperidine rings is 1. The van der Waals surface area contributed by atoms with Crippen LogP contribution in [0.5, 0.6) is 0 Å². The van der Waals surface area contributed by atoms with Crippen LogP contribution < -0.4 is 4.90 Å². The van der Waals surface area contributed by atoms with Crippen LogP contribution in [0.4, 0.5) is 5.69 Å². The van der Waals surface area contributed by atoms with Gasteiger partial charge in [-0.05, 0) is 30.7 Å². The van der Waals surface area contributed by atoms with E-state index in [1.54, 1.807) is 11.3 Å². The van der Waals surface area contributed by atoms with E-state index in [-0.39, 0.29) is 0 Å². The SMILES string of the molecule is CC(=O)O.c1cc(N2CCCCC2)cs1. The van der Waals surface area contributed by atoms with Crippen LogP contribution in [-0.2, 0) is 4.79 Å². The van der Waals surface area contributed by atoms with Gasteiger partial charge >= 0.3 is 0 Å². The average Bonchev–Trinajstić information content (AvgIpc) is 2.71. The lowest BCUT2D eigenvalue weighted by atomic mass is 10.1. The van der Waals surface area contributed by atoms with E-state index >= 15 is 0 Å². The molecule has 0 atom stereocenters. The highest BCUT2D eigenvalue weighted by atomic mass is 32.1. The van der Waals surface area contributed by atoms with Crippen molar-refractivity contribution in [1.82, 2.24) is 0 Å². The molecule has 0 saturated carbocycles. The van der Waals surface area contributed by atoms with Gasteiger partial charge in [0.25, 0.3) is 5.97 Å². The molecule has 3 nitrogen and oxygen atoms in total. The highest BCUT2D eigenvalue weighted by molar-refractivity contribution is 7.08. The summed E-state index contributed by atoms with van der Waals surface area (Å²) in [4.78, 5) is 11.5. The van der Waals surface area contributed by atoms with Gasteiger partial charge in [-0.2, -0.15) is 11.3 Å². The molecule has 0 spiro atoms. The largest absolute Gasteiger partial charge is 0.481 e. The summed E-state index contributed by atoms with van der Waals surface area (Å²) < 4.78 is 0. The monoisotopic (exact) mass is 227 g/mol. The minimum absolute atomic E-state index is 0.833. The van der Waals surface area contributed by atoms with Crippen LogP contribution in [-0.4, -0.2) is 24.2 Å². The molecule has 15 heavy (non-hydrogen) atoms. The van der Waals surface area contributed by atoms with E-state index in [0.717, 1.165) is 6.92 Å². The van der Waals surface area contributed by atoms with Crippen LogP contribution in [0.2, 0.25) is 0 Å². The number of rotatable bonds is 1. The number of carboxylic acid groups (broad SMARTS) is 1. The van der Waals surface area contributed by atoms with Gasteiger partial charge in [0, 0.05) is 31.1 Å². The van der Waals surface area contributed by atoms with Crippen LogP contribution in [0.15, 0.2) is 16.8 Å². The minimum atomic E-state index is -0.833. The van der Waals surface area contributed by atoms with Gasteiger partial charge in [-0.25, -0.2) is 0 Å². The van der Waals surface area contributed by atoms with Crippen molar-refractivity contribution in [3.63, 3.8) is 0 Å². The number of carbonyl (C=O) groups is 1. The second-order valence-corrected chi connectivity index (χ2v) is 4.33. The molecule has 0 unspecified atom stereocenters. The highest BCUT2D eigenvalue weighted by Gasteiger charge is 2.09. The van der Waals surface area contributed by atoms with Gasteiger partial charge in [0.2, 0.25) is 0 Å². The summed E-state index contributed by atoms with van der Waals surface area (Å²) in [6.45, 7) is 3.60. The number of hydrogen-bond acceptors (Lipinski definition) is 3. The van der Waals surface area contributed by atoms with E-state index in [1.165, 1.54) is 38.0 Å². The van der Waals surface area contributed by atoms with Gasteiger partial charge in [-0.3, -0.25) is 4.79 Å². The van der Waals surface area contributed by atoms with Crippen LogP contribution in [0, 0.1) is 0 Å². The van der Waals surface area contributed by atoms with Gasteiger partial charge in [-0.15, -0.1) is 0 Å². The molecule has 0 amide bonds. The van der Waals surface area contributed by atoms with Crippen molar-refractivity contribution in [3.05, 3.63) is 16.8 Å². The van der Waals surface area contributed by atoms with Crippen molar-refractivity contribution in [3.8, 4) is 0 Å². The number of thiophene rings is 1. The average molecular weight is 227 g/mol. The maximum atomic E-state index is 9.00. The predicted molar refractivity (Wildman–Crippen MR) is 63.7 cm³/mol. The number of carboxylic acids is 1. The van der Waals surface area contributed by atoms with E-state index in [9.17, 15) is 0 Å². The summed E-state index contributed by atoms with van der Waals surface area (Å²) in [6, 6.07) is 2.22. The number of anilines is 1. The van der Waals surface area contributed by atoms with Gasteiger partial charge in [0.1, 0.15) is 0 Å². The van der Waals surface area contributed by atoms with Gasteiger partial charge in [0.15, 0.2) is 0 Å². The third kappa shape index (κ3) is 4.83. The van der Waals surface area contributed by atoms with Crippen molar-refractivity contribution in [2.24, 2.45) is 0 Å². The fourth-order valence-corrected chi connectivity index (χ4v) is 2.25. The normalized spacial score (nSPS) is 15.4. The van der Waals surface area contributed by atoms with E-state index in [1.807, 2.05) is 0 Å². The molecule has 1 aromatic rings. The van der Waals surface area contributed by atoms with Crippen LogP contribution in [0.3, 0.4) is 0 Å². The van der Waals surface area contributed by atoms with E-state index in [0.29, 0.717) is 0 Å². The Morgan fingerprint density at radius 3 is 2.47 bits per heavy atom. The first-order valence-corrected chi connectivity index (χ1v) is 6.11. The molecular formula is C11H17NO2S. The zero-order valence-electron chi connectivity index (χ0n) is 8.98. The fraction of sp³-hybridized carbons (Fsp3) is 0.545. The van der Waals surface area contributed by atoms with Gasteiger partial charge in [0.05, 0.1) is 0 Å². The Labute approximate surface area is 94.3 Å². The van der Waals surface area contributed by atoms with Crippen LogP contribution in [0.25, 0.3) is 0 Å². The number of nitrogens with zero attached hydrogens (tertiary/aromatic N) is 1. The van der Waals surface area contributed by atoms with E-state index < -0.39 is 5.97 Å². The van der Waals surface area contributed by atoms with Crippen molar-refractivity contribution in [2.75, 3.05) is 18.0 Å². The highest BCUT2D eigenvalue weighted by Crippen LogP contribution is 2.21. The van der Waals surface area contributed by atoms with Gasteiger partial charge < -0.3 is 10.0 Å².